The molecule has 0 bridgehead atoms. The Morgan fingerprint density at radius 3 is 2.52 bits per heavy atom. The van der Waals surface area contributed by atoms with Gasteiger partial charge < -0.3 is 10.6 Å². The van der Waals surface area contributed by atoms with Gasteiger partial charge in [0.05, 0.1) is 0 Å². The van der Waals surface area contributed by atoms with Crippen LogP contribution in [0.3, 0.4) is 0 Å². The Bertz CT molecular complexity index is 684. The molecular formula is C16H14Cl2N2O. The Hall–Kier alpha value is -1.97. The molecule has 0 aliphatic heterocycles. The summed E-state index contributed by atoms with van der Waals surface area (Å²) in [5.74, 6) is 0. The smallest absolute Gasteiger partial charge is 0.314 e. The highest BCUT2D eigenvalue weighted by molar-refractivity contribution is 6.32. The van der Waals surface area contributed by atoms with E-state index < -0.39 is 0 Å². The molecule has 2 rings (SSSR count). The third-order valence-electron chi connectivity index (χ3n) is 2.90. The highest BCUT2D eigenvalue weighted by Gasteiger charge is 2.04. The van der Waals surface area contributed by atoms with Crippen molar-refractivity contribution in [1.82, 2.24) is 5.32 Å². The highest BCUT2D eigenvalue weighted by Crippen LogP contribution is 2.22. The van der Waals surface area contributed by atoms with Crippen LogP contribution in [0.5, 0.6) is 0 Å². The van der Waals surface area contributed by atoms with Gasteiger partial charge in [0.25, 0.3) is 0 Å². The van der Waals surface area contributed by atoms with E-state index in [0.717, 1.165) is 11.1 Å². The Labute approximate surface area is 133 Å². The van der Waals surface area contributed by atoms with Crippen LogP contribution >= 0.6 is 23.2 Å². The topological polar surface area (TPSA) is 41.1 Å². The Morgan fingerprint density at radius 2 is 1.76 bits per heavy atom. The number of benzene rings is 2. The maximum absolute atomic E-state index is 11.8. The van der Waals surface area contributed by atoms with Gasteiger partial charge in [-0.05, 0) is 42.3 Å². The summed E-state index contributed by atoms with van der Waals surface area (Å²) in [5, 5.41) is 6.59. The minimum atomic E-state index is -0.344. The number of hydrogen-bond acceptors (Lipinski definition) is 1. The fourth-order valence-corrected chi connectivity index (χ4v) is 2.09. The lowest BCUT2D eigenvalue weighted by molar-refractivity contribution is 0.255. The lowest BCUT2D eigenvalue weighted by atomic mass is 10.2. The Kier molecular flexibility index (Phi) is 5.26. The number of hydrogen-bond donors (Lipinski definition) is 2. The molecule has 3 nitrogen and oxygen atoms in total. The first-order chi connectivity index (χ1) is 10.1. The molecule has 0 atom stereocenters. The molecule has 5 heteroatoms. The molecule has 2 amide bonds. The van der Waals surface area contributed by atoms with Crippen molar-refractivity contribution in [3.8, 4) is 0 Å². The predicted molar refractivity (Wildman–Crippen MR) is 88.8 cm³/mol. The van der Waals surface area contributed by atoms with Crippen molar-refractivity contribution in [3.05, 3.63) is 69.8 Å². The maximum Gasteiger partial charge on any atom is 0.323 e. The summed E-state index contributed by atoms with van der Waals surface area (Å²) in [6.07, 6.45) is 3.27. The lowest BCUT2D eigenvalue weighted by Crippen LogP contribution is -2.24. The predicted octanol–water partition coefficient (Wildman–Crippen LogP) is 5.09. The fraction of sp³-hybridized carbons (Fsp3) is 0.0625. The van der Waals surface area contributed by atoms with Crippen molar-refractivity contribution < 1.29 is 4.79 Å². The first-order valence-electron chi connectivity index (χ1n) is 6.31. The monoisotopic (exact) mass is 320 g/mol. The third kappa shape index (κ3) is 4.25. The number of halogens is 2. The normalized spacial score (nSPS) is 10.6. The second kappa shape index (κ2) is 7.16. The van der Waals surface area contributed by atoms with Crippen LogP contribution in [0.1, 0.15) is 11.1 Å². The standard InChI is InChI=1S/C16H14Cl2N2O/c1-11-13(17)7-4-8-15(11)20-16(21)19-10-9-12-5-2-3-6-14(12)18/h2-10H,1H3,(H2,19,20,21)/b10-9+. The quantitative estimate of drug-likeness (QED) is 0.812. The van der Waals surface area contributed by atoms with E-state index in [0.29, 0.717) is 15.7 Å². The molecule has 2 aromatic rings. The molecule has 0 aliphatic rings. The van der Waals surface area contributed by atoms with Gasteiger partial charge in [0, 0.05) is 21.9 Å². The van der Waals surface area contributed by atoms with Crippen molar-refractivity contribution in [2.24, 2.45) is 0 Å². The van der Waals surface area contributed by atoms with Crippen molar-refractivity contribution >= 4 is 41.0 Å². The summed E-state index contributed by atoms with van der Waals surface area (Å²) in [6, 6.07) is 12.4. The highest BCUT2D eigenvalue weighted by atomic mass is 35.5. The van der Waals surface area contributed by atoms with Gasteiger partial charge in [-0.2, -0.15) is 0 Å². The van der Waals surface area contributed by atoms with E-state index in [9.17, 15) is 4.79 Å². The van der Waals surface area contributed by atoms with E-state index in [4.69, 9.17) is 23.2 Å². The molecule has 108 valence electrons. The van der Waals surface area contributed by atoms with E-state index >= 15 is 0 Å². The third-order valence-corrected chi connectivity index (χ3v) is 3.65. The molecule has 0 saturated heterocycles. The summed E-state index contributed by atoms with van der Waals surface area (Å²) in [6.45, 7) is 1.84. The molecule has 0 heterocycles. The molecule has 21 heavy (non-hydrogen) atoms. The zero-order valence-corrected chi connectivity index (χ0v) is 12.9. The molecular weight excluding hydrogens is 307 g/mol. The second-order valence-electron chi connectivity index (χ2n) is 4.37. The van der Waals surface area contributed by atoms with E-state index in [2.05, 4.69) is 10.6 Å². The van der Waals surface area contributed by atoms with Crippen molar-refractivity contribution in [2.45, 2.75) is 6.92 Å². The summed E-state index contributed by atoms with van der Waals surface area (Å²) in [5.41, 5.74) is 2.33. The molecule has 2 aromatic carbocycles. The van der Waals surface area contributed by atoms with Gasteiger partial charge >= 0.3 is 6.03 Å². The van der Waals surface area contributed by atoms with Gasteiger partial charge in [0.15, 0.2) is 0 Å². The molecule has 0 unspecified atom stereocenters. The SMILES string of the molecule is Cc1c(Cl)cccc1NC(=O)N/C=C/c1ccccc1Cl. The van der Waals surface area contributed by atoms with Gasteiger partial charge in [-0.1, -0.05) is 47.5 Å². The molecule has 0 aromatic heterocycles. The van der Waals surface area contributed by atoms with Crippen LogP contribution < -0.4 is 10.6 Å². The van der Waals surface area contributed by atoms with Crippen LogP contribution in [0.25, 0.3) is 6.08 Å². The van der Waals surface area contributed by atoms with E-state index in [1.54, 1.807) is 30.3 Å². The molecule has 0 spiro atoms. The average molecular weight is 321 g/mol. The molecule has 0 saturated carbocycles. The van der Waals surface area contributed by atoms with Crippen molar-refractivity contribution in [3.63, 3.8) is 0 Å². The number of carbonyl (C=O) groups excluding carboxylic acids is 1. The number of rotatable bonds is 3. The number of anilines is 1. The average Bonchev–Trinajstić information content (AvgIpc) is 2.46. The van der Waals surface area contributed by atoms with Crippen LogP contribution in [0.15, 0.2) is 48.7 Å². The van der Waals surface area contributed by atoms with E-state index in [1.807, 2.05) is 25.1 Å². The van der Waals surface area contributed by atoms with Crippen LogP contribution in [-0.2, 0) is 0 Å². The summed E-state index contributed by atoms with van der Waals surface area (Å²) in [7, 11) is 0. The minimum Gasteiger partial charge on any atom is -0.314 e. The van der Waals surface area contributed by atoms with Gasteiger partial charge in [-0.25, -0.2) is 4.79 Å². The van der Waals surface area contributed by atoms with Gasteiger partial charge in [-0.3, -0.25) is 0 Å². The number of carbonyl (C=O) groups is 1. The van der Waals surface area contributed by atoms with E-state index in [-0.39, 0.29) is 6.03 Å². The maximum atomic E-state index is 11.8. The summed E-state index contributed by atoms with van der Waals surface area (Å²) >= 11 is 12.0. The van der Waals surface area contributed by atoms with Crippen molar-refractivity contribution in [1.29, 1.82) is 0 Å². The number of urea groups is 1. The first-order valence-corrected chi connectivity index (χ1v) is 7.07. The summed E-state index contributed by atoms with van der Waals surface area (Å²) in [4.78, 5) is 11.8. The lowest BCUT2D eigenvalue weighted by Gasteiger charge is -2.08. The van der Waals surface area contributed by atoms with E-state index in [1.165, 1.54) is 6.20 Å². The number of amides is 2. The minimum absolute atomic E-state index is 0.344. The van der Waals surface area contributed by atoms with Crippen LogP contribution in [0.2, 0.25) is 10.0 Å². The first kappa shape index (κ1) is 15.4. The fourth-order valence-electron chi connectivity index (χ4n) is 1.72. The zero-order valence-electron chi connectivity index (χ0n) is 11.4. The van der Waals surface area contributed by atoms with Crippen molar-refractivity contribution in [2.75, 3.05) is 5.32 Å². The van der Waals surface area contributed by atoms with Crippen LogP contribution in [0, 0.1) is 6.92 Å². The van der Waals surface area contributed by atoms with Crippen LogP contribution in [0.4, 0.5) is 10.5 Å². The van der Waals surface area contributed by atoms with Gasteiger partial charge in [0.2, 0.25) is 0 Å². The Balaban J connectivity index is 1.97. The summed E-state index contributed by atoms with van der Waals surface area (Å²) < 4.78 is 0. The molecule has 0 aliphatic carbocycles. The van der Waals surface area contributed by atoms with Gasteiger partial charge in [-0.15, -0.1) is 0 Å². The van der Waals surface area contributed by atoms with Gasteiger partial charge in [0.1, 0.15) is 0 Å². The molecule has 2 N–H and O–H groups in total. The number of nitrogens with one attached hydrogen (secondary N) is 2. The zero-order chi connectivity index (χ0) is 15.2. The second-order valence-corrected chi connectivity index (χ2v) is 5.18. The largest absolute Gasteiger partial charge is 0.323 e. The Morgan fingerprint density at radius 1 is 1.05 bits per heavy atom. The molecule has 0 radical (unpaired) electrons. The molecule has 0 fully saturated rings. The van der Waals surface area contributed by atoms with Crippen LogP contribution in [-0.4, -0.2) is 6.03 Å².